The SMILES string of the molecule is CNC1CCCc2nc(CSC(C)C)sc21. The van der Waals surface area contributed by atoms with Crippen molar-refractivity contribution in [3.05, 3.63) is 15.6 Å². The van der Waals surface area contributed by atoms with Gasteiger partial charge in [0.15, 0.2) is 0 Å². The highest BCUT2D eigenvalue weighted by atomic mass is 32.2. The number of hydrogen-bond acceptors (Lipinski definition) is 4. The van der Waals surface area contributed by atoms with E-state index in [-0.39, 0.29) is 0 Å². The minimum absolute atomic E-state index is 0.555. The molecule has 0 amide bonds. The molecule has 1 aliphatic rings. The minimum atomic E-state index is 0.555. The summed E-state index contributed by atoms with van der Waals surface area (Å²) in [5.41, 5.74) is 1.36. The van der Waals surface area contributed by atoms with E-state index < -0.39 is 0 Å². The molecule has 0 spiro atoms. The average Bonchev–Trinajstić information content (AvgIpc) is 2.68. The molecule has 0 saturated heterocycles. The lowest BCUT2D eigenvalue weighted by Crippen LogP contribution is -2.19. The van der Waals surface area contributed by atoms with Crippen LogP contribution in [0.15, 0.2) is 0 Å². The number of rotatable bonds is 4. The second-order valence-electron chi connectivity index (χ2n) is 4.51. The number of thiazole rings is 1. The molecule has 1 aliphatic carbocycles. The molecule has 90 valence electrons. The quantitative estimate of drug-likeness (QED) is 0.894. The summed E-state index contributed by atoms with van der Waals surface area (Å²) in [5.74, 6) is 1.08. The lowest BCUT2D eigenvalue weighted by atomic mass is 9.98. The van der Waals surface area contributed by atoms with Gasteiger partial charge in [-0.05, 0) is 31.6 Å². The summed E-state index contributed by atoms with van der Waals surface area (Å²) < 4.78 is 0. The second-order valence-corrected chi connectivity index (χ2v) is 7.19. The maximum Gasteiger partial charge on any atom is 0.103 e. The molecule has 1 atom stereocenters. The van der Waals surface area contributed by atoms with Crippen LogP contribution in [0, 0.1) is 0 Å². The molecule has 1 N–H and O–H groups in total. The van der Waals surface area contributed by atoms with Gasteiger partial charge < -0.3 is 5.32 Å². The van der Waals surface area contributed by atoms with Crippen molar-refractivity contribution >= 4 is 23.1 Å². The fourth-order valence-electron chi connectivity index (χ4n) is 2.05. The minimum Gasteiger partial charge on any atom is -0.312 e. The zero-order valence-electron chi connectivity index (χ0n) is 10.2. The number of fused-ring (bicyclic) bond motifs is 1. The van der Waals surface area contributed by atoms with E-state index in [1.165, 1.54) is 34.8 Å². The van der Waals surface area contributed by atoms with Gasteiger partial charge in [0.25, 0.3) is 0 Å². The highest BCUT2D eigenvalue weighted by Crippen LogP contribution is 2.35. The Morgan fingerprint density at radius 2 is 2.38 bits per heavy atom. The van der Waals surface area contributed by atoms with Gasteiger partial charge in [0.2, 0.25) is 0 Å². The second kappa shape index (κ2) is 5.52. The molecule has 2 nitrogen and oxygen atoms in total. The standard InChI is InChI=1S/C12H20N2S2/c1-8(2)15-7-11-14-10-6-4-5-9(13-3)12(10)16-11/h8-9,13H,4-7H2,1-3H3. The Kier molecular flexibility index (Phi) is 4.27. The van der Waals surface area contributed by atoms with Crippen LogP contribution in [0.2, 0.25) is 0 Å². The van der Waals surface area contributed by atoms with Crippen LogP contribution in [0.4, 0.5) is 0 Å². The predicted molar refractivity (Wildman–Crippen MR) is 73.3 cm³/mol. The monoisotopic (exact) mass is 256 g/mol. The molecular formula is C12H20N2S2. The first-order valence-electron chi connectivity index (χ1n) is 5.98. The normalized spacial score (nSPS) is 20.1. The van der Waals surface area contributed by atoms with Crippen molar-refractivity contribution in [1.29, 1.82) is 0 Å². The number of aryl methyl sites for hydroxylation is 1. The molecule has 0 bridgehead atoms. The zero-order valence-corrected chi connectivity index (χ0v) is 11.9. The number of thioether (sulfide) groups is 1. The van der Waals surface area contributed by atoms with E-state index in [0.29, 0.717) is 11.3 Å². The highest BCUT2D eigenvalue weighted by molar-refractivity contribution is 7.99. The summed E-state index contributed by atoms with van der Waals surface area (Å²) in [6.45, 7) is 4.49. The number of aromatic nitrogens is 1. The molecule has 0 saturated carbocycles. The zero-order chi connectivity index (χ0) is 11.5. The third-order valence-electron chi connectivity index (χ3n) is 2.88. The molecule has 1 heterocycles. The molecule has 1 unspecified atom stereocenters. The first-order valence-corrected chi connectivity index (χ1v) is 7.84. The Morgan fingerprint density at radius 1 is 1.56 bits per heavy atom. The topological polar surface area (TPSA) is 24.9 Å². The van der Waals surface area contributed by atoms with E-state index in [4.69, 9.17) is 4.98 Å². The van der Waals surface area contributed by atoms with Gasteiger partial charge >= 0.3 is 0 Å². The van der Waals surface area contributed by atoms with Crippen molar-refractivity contribution < 1.29 is 0 Å². The molecular weight excluding hydrogens is 236 g/mol. The van der Waals surface area contributed by atoms with Crippen molar-refractivity contribution in [3.63, 3.8) is 0 Å². The molecule has 0 aliphatic heterocycles. The summed E-state index contributed by atoms with van der Waals surface area (Å²) in [6.07, 6.45) is 3.72. The molecule has 0 radical (unpaired) electrons. The first-order chi connectivity index (χ1) is 7.70. The summed E-state index contributed by atoms with van der Waals surface area (Å²) in [5, 5.41) is 5.41. The lowest BCUT2D eigenvalue weighted by Gasteiger charge is -2.20. The molecule has 16 heavy (non-hydrogen) atoms. The molecule has 2 rings (SSSR count). The maximum atomic E-state index is 4.78. The van der Waals surface area contributed by atoms with Crippen molar-refractivity contribution in [3.8, 4) is 0 Å². The smallest absolute Gasteiger partial charge is 0.103 e. The number of hydrogen-bond donors (Lipinski definition) is 1. The van der Waals surface area contributed by atoms with Crippen molar-refractivity contribution in [2.24, 2.45) is 0 Å². The van der Waals surface area contributed by atoms with Gasteiger partial charge in [0, 0.05) is 16.7 Å². The van der Waals surface area contributed by atoms with Crippen molar-refractivity contribution in [2.45, 2.75) is 50.2 Å². The average molecular weight is 256 g/mol. The van der Waals surface area contributed by atoms with Crippen molar-refractivity contribution in [2.75, 3.05) is 7.05 Å². The van der Waals surface area contributed by atoms with Gasteiger partial charge in [-0.2, -0.15) is 11.8 Å². The summed E-state index contributed by atoms with van der Waals surface area (Å²) in [6, 6.07) is 0.555. The molecule has 4 heteroatoms. The van der Waals surface area contributed by atoms with Crippen LogP contribution < -0.4 is 5.32 Å². The van der Waals surface area contributed by atoms with Crippen molar-refractivity contribution in [1.82, 2.24) is 10.3 Å². The Hall–Kier alpha value is -0.0600. The Balaban J connectivity index is 2.09. The van der Waals surface area contributed by atoms with Crippen LogP contribution in [0.3, 0.4) is 0 Å². The number of nitrogens with zero attached hydrogens (tertiary/aromatic N) is 1. The fourth-order valence-corrected chi connectivity index (χ4v) is 4.08. The van der Waals surface area contributed by atoms with E-state index in [0.717, 1.165) is 5.75 Å². The summed E-state index contributed by atoms with van der Waals surface area (Å²) in [7, 11) is 2.06. The van der Waals surface area contributed by atoms with E-state index in [1.54, 1.807) is 0 Å². The third kappa shape index (κ3) is 2.79. The predicted octanol–water partition coefficient (Wildman–Crippen LogP) is 3.38. The fraction of sp³-hybridized carbons (Fsp3) is 0.750. The van der Waals surface area contributed by atoms with Gasteiger partial charge in [-0.1, -0.05) is 13.8 Å². The van der Waals surface area contributed by atoms with E-state index in [9.17, 15) is 0 Å². The Labute approximate surface area is 106 Å². The van der Waals surface area contributed by atoms with Gasteiger partial charge in [-0.25, -0.2) is 4.98 Å². The van der Waals surface area contributed by atoms with Gasteiger partial charge in [0.05, 0.1) is 5.69 Å². The van der Waals surface area contributed by atoms with Crippen LogP contribution in [0.5, 0.6) is 0 Å². The molecule has 1 aromatic rings. The maximum absolute atomic E-state index is 4.78. The summed E-state index contributed by atoms with van der Waals surface area (Å²) in [4.78, 5) is 6.27. The Morgan fingerprint density at radius 3 is 3.06 bits per heavy atom. The van der Waals surface area contributed by atoms with Crippen LogP contribution >= 0.6 is 23.1 Å². The largest absolute Gasteiger partial charge is 0.312 e. The van der Waals surface area contributed by atoms with Gasteiger partial charge in [-0.15, -0.1) is 11.3 Å². The molecule has 0 aromatic carbocycles. The van der Waals surface area contributed by atoms with Gasteiger partial charge in [0.1, 0.15) is 5.01 Å². The third-order valence-corrected chi connectivity index (χ3v) is 5.38. The van der Waals surface area contributed by atoms with E-state index >= 15 is 0 Å². The van der Waals surface area contributed by atoms with Crippen LogP contribution in [0.25, 0.3) is 0 Å². The number of nitrogens with one attached hydrogen (secondary N) is 1. The van der Waals surface area contributed by atoms with Crippen LogP contribution in [-0.4, -0.2) is 17.3 Å². The van der Waals surface area contributed by atoms with Gasteiger partial charge in [-0.3, -0.25) is 0 Å². The molecule has 0 fully saturated rings. The van der Waals surface area contributed by atoms with E-state index in [2.05, 4.69) is 26.2 Å². The Bertz CT molecular complexity index is 347. The van der Waals surface area contributed by atoms with E-state index in [1.807, 2.05) is 23.1 Å². The summed E-state index contributed by atoms with van der Waals surface area (Å²) >= 11 is 3.90. The highest BCUT2D eigenvalue weighted by Gasteiger charge is 2.23. The van der Waals surface area contributed by atoms with Crippen LogP contribution in [-0.2, 0) is 12.2 Å². The lowest BCUT2D eigenvalue weighted by molar-refractivity contribution is 0.501. The molecule has 1 aromatic heterocycles. The first kappa shape index (κ1) is 12.4. The van der Waals surface area contributed by atoms with Crippen LogP contribution in [0.1, 0.15) is 48.3 Å².